The van der Waals surface area contributed by atoms with Gasteiger partial charge in [-0.2, -0.15) is 0 Å². The number of rotatable bonds is 6. The Balaban J connectivity index is 1.45. The molecule has 2 heterocycles. The number of amides is 3. The van der Waals surface area contributed by atoms with Gasteiger partial charge in [0.1, 0.15) is 6.10 Å². The van der Waals surface area contributed by atoms with Crippen LogP contribution in [0, 0.1) is 0 Å². The van der Waals surface area contributed by atoms with Crippen molar-refractivity contribution < 1.29 is 23.5 Å². The molecule has 0 saturated carbocycles. The standard InChI is InChI=1S/C18H18BrN3O5/c19-15-8-7-14(27-15)17(24)20-10-16(23)21-11-3-5-12(6-4-11)22-18(25)13-2-1-9-26-13/h3-8,13H,1-2,9-10H2,(H,20,24)(H,21,23)(H,22,25)/t13-/m0/s1. The van der Waals surface area contributed by atoms with Crippen molar-refractivity contribution in [2.75, 3.05) is 23.8 Å². The molecule has 0 bridgehead atoms. The molecule has 2 aromatic rings. The van der Waals surface area contributed by atoms with E-state index >= 15 is 0 Å². The highest BCUT2D eigenvalue weighted by Gasteiger charge is 2.23. The Morgan fingerprint density at radius 2 is 1.74 bits per heavy atom. The summed E-state index contributed by atoms with van der Waals surface area (Å²) in [7, 11) is 0. The highest BCUT2D eigenvalue weighted by molar-refractivity contribution is 9.10. The van der Waals surface area contributed by atoms with Crippen LogP contribution in [0.25, 0.3) is 0 Å². The Bertz CT molecular complexity index is 828. The molecule has 3 amide bonds. The van der Waals surface area contributed by atoms with E-state index in [1.807, 2.05) is 0 Å². The number of carbonyl (C=O) groups excluding carboxylic acids is 3. The van der Waals surface area contributed by atoms with Gasteiger partial charge in [-0.3, -0.25) is 14.4 Å². The van der Waals surface area contributed by atoms with Gasteiger partial charge in [-0.25, -0.2) is 0 Å². The summed E-state index contributed by atoms with van der Waals surface area (Å²) in [6, 6.07) is 9.78. The normalized spacial score (nSPS) is 16.0. The fraction of sp³-hybridized carbons (Fsp3) is 0.278. The summed E-state index contributed by atoms with van der Waals surface area (Å²) in [5.41, 5.74) is 1.16. The van der Waals surface area contributed by atoms with Crippen molar-refractivity contribution in [3.05, 3.63) is 46.8 Å². The van der Waals surface area contributed by atoms with Gasteiger partial charge < -0.3 is 25.1 Å². The van der Waals surface area contributed by atoms with Crippen LogP contribution >= 0.6 is 15.9 Å². The van der Waals surface area contributed by atoms with Crippen LogP contribution in [0.4, 0.5) is 11.4 Å². The minimum Gasteiger partial charge on any atom is -0.444 e. The maximum atomic E-state index is 12.0. The van der Waals surface area contributed by atoms with Crippen LogP contribution in [0.3, 0.4) is 0 Å². The Hall–Kier alpha value is -2.65. The Morgan fingerprint density at radius 1 is 1.04 bits per heavy atom. The van der Waals surface area contributed by atoms with E-state index < -0.39 is 12.0 Å². The molecule has 1 aromatic heterocycles. The molecule has 8 nitrogen and oxygen atoms in total. The fourth-order valence-electron chi connectivity index (χ4n) is 2.53. The van der Waals surface area contributed by atoms with E-state index in [9.17, 15) is 14.4 Å². The number of halogens is 1. The van der Waals surface area contributed by atoms with Crippen LogP contribution in [-0.2, 0) is 14.3 Å². The number of nitrogens with one attached hydrogen (secondary N) is 3. The largest absolute Gasteiger partial charge is 0.444 e. The molecule has 3 N–H and O–H groups in total. The Kier molecular flexibility index (Phi) is 6.25. The minimum atomic E-state index is -0.483. The molecule has 0 unspecified atom stereocenters. The van der Waals surface area contributed by atoms with Gasteiger partial charge in [0, 0.05) is 18.0 Å². The summed E-state index contributed by atoms with van der Waals surface area (Å²) in [6.45, 7) is 0.408. The molecule has 27 heavy (non-hydrogen) atoms. The summed E-state index contributed by atoms with van der Waals surface area (Å²) < 4.78 is 10.9. The van der Waals surface area contributed by atoms with E-state index in [0.717, 1.165) is 12.8 Å². The molecule has 1 atom stereocenters. The Morgan fingerprint density at radius 3 is 2.33 bits per heavy atom. The van der Waals surface area contributed by atoms with Crippen molar-refractivity contribution in [3.8, 4) is 0 Å². The van der Waals surface area contributed by atoms with Crippen LogP contribution < -0.4 is 16.0 Å². The lowest BCUT2D eigenvalue weighted by Gasteiger charge is -2.11. The number of furan rings is 1. The molecule has 1 aliphatic rings. The third-order valence-electron chi connectivity index (χ3n) is 3.86. The molecule has 142 valence electrons. The first kappa shape index (κ1) is 19.1. The predicted octanol–water partition coefficient (Wildman–Crippen LogP) is 2.53. The summed E-state index contributed by atoms with van der Waals surface area (Å²) in [6.07, 6.45) is 1.21. The predicted molar refractivity (Wildman–Crippen MR) is 101 cm³/mol. The van der Waals surface area contributed by atoms with Crippen molar-refractivity contribution in [2.45, 2.75) is 18.9 Å². The van der Waals surface area contributed by atoms with Crippen molar-refractivity contribution >= 4 is 45.0 Å². The second kappa shape index (κ2) is 8.83. The summed E-state index contributed by atoms with van der Waals surface area (Å²) in [5, 5.41) is 7.90. The molecule has 0 radical (unpaired) electrons. The number of hydrogen-bond acceptors (Lipinski definition) is 5. The first-order valence-electron chi connectivity index (χ1n) is 8.37. The fourth-order valence-corrected chi connectivity index (χ4v) is 2.84. The summed E-state index contributed by atoms with van der Waals surface area (Å²) in [4.78, 5) is 35.7. The third-order valence-corrected chi connectivity index (χ3v) is 4.29. The first-order valence-corrected chi connectivity index (χ1v) is 9.16. The quantitative estimate of drug-likeness (QED) is 0.645. The van der Waals surface area contributed by atoms with Gasteiger partial charge in [0.2, 0.25) is 5.91 Å². The number of ether oxygens (including phenoxy) is 1. The van der Waals surface area contributed by atoms with Crippen LogP contribution in [0.2, 0.25) is 0 Å². The lowest BCUT2D eigenvalue weighted by atomic mass is 10.2. The van der Waals surface area contributed by atoms with Gasteiger partial charge in [0.15, 0.2) is 10.4 Å². The average molecular weight is 436 g/mol. The van der Waals surface area contributed by atoms with Crippen LogP contribution in [0.15, 0.2) is 45.5 Å². The summed E-state index contributed by atoms with van der Waals surface area (Å²) >= 11 is 3.11. The zero-order chi connectivity index (χ0) is 19.2. The van der Waals surface area contributed by atoms with E-state index in [1.54, 1.807) is 30.3 Å². The smallest absolute Gasteiger partial charge is 0.287 e. The second-order valence-corrected chi connectivity index (χ2v) is 6.68. The topological polar surface area (TPSA) is 110 Å². The van der Waals surface area contributed by atoms with Gasteiger partial charge in [-0.05, 0) is 65.2 Å². The third kappa shape index (κ3) is 5.41. The van der Waals surface area contributed by atoms with Gasteiger partial charge in [0.25, 0.3) is 11.8 Å². The molecule has 1 aliphatic heterocycles. The van der Waals surface area contributed by atoms with Crippen molar-refractivity contribution in [1.29, 1.82) is 0 Å². The molecule has 9 heteroatoms. The van der Waals surface area contributed by atoms with Gasteiger partial charge >= 0.3 is 0 Å². The monoisotopic (exact) mass is 435 g/mol. The highest BCUT2D eigenvalue weighted by Crippen LogP contribution is 2.17. The first-order chi connectivity index (χ1) is 13.0. The average Bonchev–Trinajstić information content (AvgIpc) is 3.33. The number of anilines is 2. The molecular weight excluding hydrogens is 418 g/mol. The molecule has 1 aromatic carbocycles. The highest BCUT2D eigenvalue weighted by atomic mass is 79.9. The van der Waals surface area contributed by atoms with Crippen molar-refractivity contribution in [2.24, 2.45) is 0 Å². The van der Waals surface area contributed by atoms with Crippen LogP contribution in [0.5, 0.6) is 0 Å². The number of benzene rings is 1. The van der Waals surface area contributed by atoms with Crippen molar-refractivity contribution in [3.63, 3.8) is 0 Å². The van der Waals surface area contributed by atoms with Gasteiger partial charge in [0.05, 0.1) is 6.54 Å². The lowest BCUT2D eigenvalue weighted by Crippen LogP contribution is -2.32. The van der Waals surface area contributed by atoms with Crippen LogP contribution in [0.1, 0.15) is 23.4 Å². The Labute approximate surface area is 163 Å². The molecular formula is C18H18BrN3O5. The lowest BCUT2D eigenvalue weighted by molar-refractivity contribution is -0.124. The minimum absolute atomic E-state index is 0.112. The molecule has 1 fully saturated rings. The molecule has 3 rings (SSSR count). The number of carbonyl (C=O) groups is 3. The maximum absolute atomic E-state index is 12.0. The molecule has 1 saturated heterocycles. The summed E-state index contributed by atoms with van der Waals surface area (Å²) in [5.74, 6) is -0.925. The maximum Gasteiger partial charge on any atom is 0.287 e. The zero-order valence-electron chi connectivity index (χ0n) is 14.3. The van der Waals surface area contributed by atoms with E-state index in [2.05, 4.69) is 31.9 Å². The molecule has 0 aliphatic carbocycles. The SMILES string of the molecule is O=C(CNC(=O)c1ccc(Br)o1)Nc1ccc(NC(=O)[C@@H]2CCCO2)cc1. The second-order valence-electron chi connectivity index (χ2n) is 5.90. The van der Waals surface area contributed by atoms with Crippen LogP contribution in [-0.4, -0.2) is 37.0 Å². The van der Waals surface area contributed by atoms with Gasteiger partial charge in [-0.15, -0.1) is 0 Å². The van der Waals surface area contributed by atoms with Crippen molar-refractivity contribution in [1.82, 2.24) is 5.32 Å². The zero-order valence-corrected chi connectivity index (χ0v) is 15.9. The van der Waals surface area contributed by atoms with E-state index in [4.69, 9.17) is 9.15 Å². The van der Waals surface area contributed by atoms with E-state index in [1.165, 1.54) is 6.07 Å². The molecule has 0 spiro atoms. The van der Waals surface area contributed by atoms with E-state index in [-0.39, 0.29) is 24.1 Å². The van der Waals surface area contributed by atoms with E-state index in [0.29, 0.717) is 22.7 Å². The van der Waals surface area contributed by atoms with Gasteiger partial charge in [-0.1, -0.05) is 0 Å². The number of hydrogen-bond donors (Lipinski definition) is 3.